The molecule has 0 unspecified atom stereocenters. The second-order valence-corrected chi connectivity index (χ2v) is 5.77. The molecule has 1 saturated carbocycles. The molecular formula is C16H18N2O4. The lowest BCUT2D eigenvalue weighted by Crippen LogP contribution is -2.44. The lowest BCUT2D eigenvalue weighted by molar-refractivity contribution is -0.130. The second kappa shape index (κ2) is 5.44. The first-order chi connectivity index (χ1) is 10.6. The Morgan fingerprint density at radius 3 is 2.73 bits per heavy atom. The number of urea groups is 1. The minimum atomic E-state index is -0.772. The largest absolute Gasteiger partial charge is 0.497 e. The van der Waals surface area contributed by atoms with Crippen LogP contribution in [0.1, 0.15) is 36.0 Å². The van der Waals surface area contributed by atoms with Gasteiger partial charge in [0, 0.05) is 5.56 Å². The number of Topliss-reactive ketones (excluding diaryl/α,β-unsaturated/α-hetero) is 1. The number of methoxy groups -OCH3 is 1. The van der Waals surface area contributed by atoms with Gasteiger partial charge in [-0.3, -0.25) is 14.5 Å². The van der Waals surface area contributed by atoms with Gasteiger partial charge in [0.1, 0.15) is 11.3 Å². The fraction of sp³-hybridized carbons (Fsp3) is 0.438. The zero-order chi connectivity index (χ0) is 15.7. The molecular weight excluding hydrogens is 284 g/mol. The Balaban J connectivity index is 1.76. The van der Waals surface area contributed by atoms with Crippen LogP contribution in [0.3, 0.4) is 0 Å². The fourth-order valence-electron chi connectivity index (χ4n) is 3.17. The Bertz CT molecular complexity index is 635. The van der Waals surface area contributed by atoms with Crippen molar-refractivity contribution in [3.8, 4) is 5.75 Å². The number of imide groups is 1. The number of hydrogen-bond donors (Lipinski definition) is 1. The van der Waals surface area contributed by atoms with Crippen molar-refractivity contribution in [2.24, 2.45) is 0 Å². The van der Waals surface area contributed by atoms with Crippen molar-refractivity contribution in [2.75, 3.05) is 13.7 Å². The Labute approximate surface area is 128 Å². The van der Waals surface area contributed by atoms with Gasteiger partial charge in [0.05, 0.1) is 13.7 Å². The van der Waals surface area contributed by atoms with E-state index in [-0.39, 0.29) is 18.2 Å². The van der Waals surface area contributed by atoms with Gasteiger partial charge in [-0.1, -0.05) is 25.0 Å². The van der Waals surface area contributed by atoms with Crippen LogP contribution in [-0.2, 0) is 4.79 Å². The molecule has 1 aliphatic heterocycles. The lowest BCUT2D eigenvalue weighted by Gasteiger charge is -2.19. The SMILES string of the molecule is COc1cccc(C(=O)CN2C(=O)NC3(CCCC3)C2=O)c1. The van der Waals surface area contributed by atoms with Gasteiger partial charge in [0.25, 0.3) is 5.91 Å². The summed E-state index contributed by atoms with van der Waals surface area (Å²) >= 11 is 0. The Hall–Kier alpha value is -2.37. The van der Waals surface area contributed by atoms with Crippen molar-refractivity contribution in [3.05, 3.63) is 29.8 Å². The first-order valence-electron chi connectivity index (χ1n) is 7.37. The standard InChI is InChI=1S/C16H18N2O4/c1-22-12-6-4-5-11(9-12)13(19)10-18-14(20)16(17-15(18)21)7-2-3-8-16/h4-6,9H,2-3,7-8,10H2,1H3,(H,17,21). The van der Waals surface area contributed by atoms with Crippen LogP contribution in [0.25, 0.3) is 0 Å². The zero-order valence-electron chi connectivity index (χ0n) is 12.4. The van der Waals surface area contributed by atoms with Gasteiger partial charge in [0.15, 0.2) is 5.78 Å². The summed E-state index contributed by atoms with van der Waals surface area (Å²) < 4.78 is 5.08. The molecule has 3 amide bonds. The second-order valence-electron chi connectivity index (χ2n) is 5.77. The molecule has 1 aromatic rings. The molecule has 1 aromatic carbocycles. The molecule has 1 heterocycles. The van der Waals surface area contributed by atoms with E-state index in [1.54, 1.807) is 24.3 Å². The highest BCUT2D eigenvalue weighted by Gasteiger charge is 2.52. The smallest absolute Gasteiger partial charge is 0.325 e. The molecule has 22 heavy (non-hydrogen) atoms. The van der Waals surface area contributed by atoms with E-state index < -0.39 is 11.6 Å². The molecule has 2 aliphatic rings. The van der Waals surface area contributed by atoms with Crippen molar-refractivity contribution in [3.63, 3.8) is 0 Å². The van der Waals surface area contributed by atoms with Crippen LogP contribution in [-0.4, -0.2) is 41.8 Å². The molecule has 0 atom stereocenters. The van der Waals surface area contributed by atoms with E-state index in [0.29, 0.717) is 24.2 Å². The van der Waals surface area contributed by atoms with Gasteiger partial charge in [-0.15, -0.1) is 0 Å². The summed E-state index contributed by atoms with van der Waals surface area (Å²) in [6, 6.07) is 6.22. The third kappa shape index (κ3) is 2.34. The summed E-state index contributed by atoms with van der Waals surface area (Å²) in [6.07, 6.45) is 3.15. The van der Waals surface area contributed by atoms with E-state index in [2.05, 4.69) is 5.32 Å². The van der Waals surface area contributed by atoms with Crippen molar-refractivity contribution in [1.82, 2.24) is 10.2 Å². The number of ether oxygens (including phenoxy) is 1. The predicted molar refractivity (Wildman–Crippen MR) is 78.8 cm³/mol. The summed E-state index contributed by atoms with van der Waals surface area (Å²) in [6.45, 7) is -0.237. The van der Waals surface area contributed by atoms with Gasteiger partial charge in [-0.05, 0) is 25.0 Å². The highest BCUT2D eigenvalue weighted by Crippen LogP contribution is 2.35. The molecule has 0 bridgehead atoms. The number of ketones is 1. The minimum Gasteiger partial charge on any atom is -0.497 e. The van der Waals surface area contributed by atoms with Gasteiger partial charge in [-0.2, -0.15) is 0 Å². The Kier molecular flexibility index (Phi) is 3.60. The molecule has 3 rings (SSSR count). The Morgan fingerprint density at radius 1 is 1.32 bits per heavy atom. The van der Waals surface area contributed by atoms with Crippen LogP contribution in [0.4, 0.5) is 4.79 Å². The highest BCUT2D eigenvalue weighted by atomic mass is 16.5. The van der Waals surface area contributed by atoms with Gasteiger partial charge < -0.3 is 10.1 Å². The van der Waals surface area contributed by atoms with E-state index >= 15 is 0 Å². The molecule has 1 N–H and O–H groups in total. The van der Waals surface area contributed by atoms with Gasteiger partial charge in [-0.25, -0.2) is 4.79 Å². The Morgan fingerprint density at radius 2 is 2.05 bits per heavy atom. The van der Waals surface area contributed by atoms with E-state index in [1.807, 2.05) is 0 Å². The molecule has 6 heteroatoms. The summed E-state index contributed by atoms with van der Waals surface area (Å²) in [7, 11) is 1.52. The first kappa shape index (κ1) is 14.6. The third-order valence-corrected chi connectivity index (χ3v) is 4.40. The molecule has 0 aromatic heterocycles. The summed E-state index contributed by atoms with van der Waals surface area (Å²) in [4.78, 5) is 37.9. The number of nitrogens with zero attached hydrogens (tertiary/aromatic N) is 1. The van der Waals surface area contributed by atoms with E-state index in [0.717, 1.165) is 17.7 Å². The van der Waals surface area contributed by atoms with Gasteiger partial charge in [0.2, 0.25) is 0 Å². The molecule has 1 aliphatic carbocycles. The molecule has 1 saturated heterocycles. The topological polar surface area (TPSA) is 75.7 Å². The fourth-order valence-corrected chi connectivity index (χ4v) is 3.17. The maximum Gasteiger partial charge on any atom is 0.325 e. The third-order valence-electron chi connectivity index (χ3n) is 4.40. The number of benzene rings is 1. The van der Waals surface area contributed by atoms with Crippen LogP contribution in [0.5, 0.6) is 5.75 Å². The van der Waals surface area contributed by atoms with Crippen LogP contribution >= 0.6 is 0 Å². The number of hydrogen-bond acceptors (Lipinski definition) is 4. The van der Waals surface area contributed by atoms with E-state index in [1.165, 1.54) is 7.11 Å². The number of carbonyl (C=O) groups is 3. The minimum absolute atomic E-state index is 0.237. The number of carbonyl (C=O) groups excluding carboxylic acids is 3. The van der Waals surface area contributed by atoms with Crippen molar-refractivity contribution in [1.29, 1.82) is 0 Å². The highest BCUT2D eigenvalue weighted by molar-refractivity contribution is 6.11. The molecule has 6 nitrogen and oxygen atoms in total. The van der Waals surface area contributed by atoms with E-state index in [4.69, 9.17) is 4.74 Å². The van der Waals surface area contributed by atoms with Crippen LogP contribution in [0.15, 0.2) is 24.3 Å². The molecule has 0 radical (unpaired) electrons. The van der Waals surface area contributed by atoms with Crippen LogP contribution in [0.2, 0.25) is 0 Å². The molecule has 116 valence electrons. The monoisotopic (exact) mass is 302 g/mol. The maximum absolute atomic E-state index is 12.5. The predicted octanol–water partition coefficient (Wildman–Crippen LogP) is 1.74. The number of nitrogens with one attached hydrogen (secondary N) is 1. The average molecular weight is 302 g/mol. The van der Waals surface area contributed by atoms with Crippen molar-refractivity contribution in [2.45, 2.75) is 31.2 Å². The zero-order valence-corrected chi connectivity index (χ0v) is 12.4. The molecule has 2 fully saturated rings. The average Bonchev–Trinajstić information content (AvgIpc) is 3.08. The normalized spacial score (nSPS) is 19.6. The lowest BCUT2D eigenvalue weighted by atomic mass is 9.98. The van der Waals surface area contributed by atoms with Gasteiger partial charge >= 0.3 is 6.03 Å². The summed E-state index contributed by atoms with van der Waals surface area (Å²) in [5.41, 5.74) is -0.349. The van der Waals surface area contributed by atoms with Crippen LogP contribution < -0.4 is 10.1 Å². The quantitative estimate of drug-likeness (QED) is 0.679. The first-order valence-corrected chi connectivity index (χ1v) is 7.37. The van der Waals surface area contributed by atoms with E-state index in [9.17, 15) is 14.4 Å². The summed E-state index contributed by atoms with van der Waals surface area (Å²) in [5, 5.41) is 2.77. The molecule has 1 spiro atoms. The summed E-state index contributed by atoms with van der Waals surface area (Å²) in [5.74, 6) is 0.0130. The maximum atomic E-state index is 12.5. The number of amides is 3. The van der Waals surface area contributed by atoms with Crippen LogP contribution in [0, 0.1) is 0 Å². The number of rotatable bonds is 4. The van der Waals surface area contributed by atoms with Crippen molar-refractivity contribution < 1.29 is 19.1 Å². The van der Waals surface area contributed by atoms with Crippen molar-refractivity contribution >= 4 is 17.7 Å².